The number of carbonyl (C=O) groups is 1. The lowest BCUT2D eigenvalue weighted by Crippen LogP contribution is -2.44. The van der Waals surface area contributed by atoms with Gasteiger partial charge in [0.05, 0.1) is 5.92 Å². The van der Waals surface area contributed by atoms with Crippen molar-refractivity contribution in [2.75, 3.05) is 39.3 Å². The lowest BCUT2D eigenvalue weighted by molar-refractivity contribution is -0.122. The molecule has 1 aromatic rings. The first-order valence-corrected chi connectivity index (χ1v) is 7.38. The van der Waals surface area contributed by atoms with E-state index in [1.807, 2.05) is 19.1 Å². The fourth-order valence-corrected chi connectivity index (χ4v) is 2.39. The molecular formula is C15H24N4O. The zero-order valence-corrected chi connectivity index (χ0v) is 12.1. The fraction of sp³-hybridized carbons (Fsp3) is 0.600. The molecule has 5 nitrogen and oxygen atoms in total. The lowest BCUT2D eigenvalue weighted by Gasteiger charge is -2.27. The van der Waals surface area contributed by atoms with Gasteiger partial charge in [-0.3, -0.25) is 9.78 Å². The van der Waals surface area contributed by atoms with Gasteiger partial charge in [0.1, 0.15) is 0 Å². The number of pyridine rings is 1. The van der Waals surface area contributed by atoms with Gasteiger partial charge in [-0.05, 0) is 31.5 Å². The second-order valence-electron chi connectivity index (χ2n) is 5.24. The predicted octanol–water partition coefficient (Wildman–Crippen LogP) is 0.597. The van der Waals surface area contributed by atoms with Crippen molar-refractivity contribution in [1.29, 1.82) is 0 Å². The molecule has 2 rings (SSSR count). The van der Waals surface area contributed by atoms with Crippen molar-refractivity contribution in [1.82, 2.24) is 20.5 Å². The van der Waals surface area contributed by atoms with Crippen LogP contribution in [0.2, 0.25) is 0 Å². The first-order chi connectivity index (χ1) is 9.77. The average Bonchev–Trinajstić information content (AvgIpc) is 2.52. The van der Waals surface area contributed by atoms with Crippen molar-refractivity contribution in [2.45, 2.75) is 19.3 Å². The van der Waals surface area contributed by atoms with Crippen LogP contribution in [0.5, 0.6) is 0 Å². The third-order valence-corrected chi connectivity index (χ3v) is 3.74. The van der Waals surface area contributed by atoms with Gasteiger partial charge >= 0.3 is 0 Å². The number of nitrogens with zero attached hydrogens (tertiary/aromatic N) is 2. The predicted molar refractivity (Wildman–Crippen MR) is 79.6 cm³/mol. The molecule has 2 N–H and O–H groups in total. The standard InChI is InChI=1S/C15H24N4O/c1-13(14-4-2-5-17-12-14)15(20)18-6-3-9-19-10-7-16-8-11-19/h2,4-5,12-13,16H,3,6-11H2,1H3,(H,18,20). The zero-order valence-electron chi connectivity index (χ0n) is 12.1. The van der Waals surface area contributed by atoms with Crippen molar-refractivity contribution >= 4 is 5.91 Å². The van der Waals surface area contributed by atoms with Crippen LogP contribution in [0.3, 0.4) is 0 Å². The van der Waals surface area contributed by atoms with E-state index in [4.69, 9.17) is 0 Å². The molecule has 0 aromatic carbocycles. The smallest absolute Gasteiger partial charge is 0.227 e. The van der Waals surface area contributed by atoms with E-state index in [1.165, 1.54) is 0 Å². The Bertz CT molecular complexity index is 404. The van der Waals surface area contributed by atoms with Crippen LogP contribution in [0.1, 0.15) is 24.8 Å². The quantitative estimate of drug-likeness (QED) is 0.747. The van der Waals surface area contributed by atoms with Crippen LogP contribution in [0.15, 0.2) is 24.5 Å². The summed E-state index contributed by atoms with van der Waals surface area (Å²) in [6.45, 7) is 8.09. The number of hydrogen-bond acceptors (Lipinski definition) is 4. The molecule has 110 valence electrons. The molecule has 1 fully saturated rings. The average molecular weight is 276 g/mol. The van der Waals surface area contributed by atoms with Gasteiger partial charge in [-0.2, -0.15) is 0 Å². The Morgan fingerprint density at radius 1 is 1.50 bits per heavy atom. The Kier molecular flexibility index (Phi) is 5.95. The molecule has 0 bridgehead atoms. The van der Waals surface area contributed by atoms with E-state index >= 15 is 0 Å². The summed E-state index contributed by atoms with van der Waals surface area (Å²) in [6.07, 6.45) is 4.48. The molecule has 2 heterocycles. The third kappa shape index (κ3) is 4.58. The minimum absolute atomic E-state index is 0.0818. The second-order valence-corrected chi connectivity index (χ2v) is 5.24. The highest BCUT2D eigenvalue weighted by atomic mass is 16.1. The molecule has 0 saturated carbocycles. The monoisotopic (exact) mass is 276 g/mol. The van der Waals surface area contributed by atoms with E-state index in [0.717, 1.165) is 51.3 Å². The van der Waals surface area contributed by atoms with Gasteiger partial charge in [0.2, 0.25) is 5.91 Å². The Balaban J connectivity index is 1.64. The summed E-state index contributed by atoms with van der Waals surface area (Å²) < 4.78 is 0. The van der Waals surface area contributed by atoms with Crippen molar-refractivity contribution < 1.29 is 4.79 Å². The van der Waals surface area contributed by atoms with Crippen molar-refractivity contribution in [3.8, 4) is 0 Å². The third-order valence-electron chi connectivity index (χ3n) is 3.74. The summed E-state index contributed by atoms with van der Waals surface area (Å²) >= 11 is 0. The number of rotatable bonds is 6. The summed E-state index contributed by atoms with van der Waals surface area (Å²) in [4.78, 5) is 18.5. The van der Waals surface area contributed by atoms with Crippen LogP contribution in [0.25, 0.3) is 0 Å². The molecule has 1 unspecified atom stereocenters. The maximum Gasteiger partial charge on any atom is 0.227 e. The Morgan fingerprint density at radius 3 is 3.00 bits per heavy atom. The molecule has 1 amide bonds. The van der Waals surface area contributed by atoms with E-state index in [-0.39, 0.29) is 11.8 Å². The highest BCUT2D eigenvalue weighted by Gasteiger charge is 2.14. The molecule has 1 aromatic heterocycles. The maximum absolute atomic E-state index is 12.0. The SMILES string of the molecule is CC(C(=O)NCCCN1CCNCC1)c1cccnc1. The zero-order chi connectivity index (χ0) is 14.2. The minimum atomic E-state index is -0.136. The summed E-state index contributed by atoms with van der Waals surface area (Å²) in [5.74, 6) is -0.0544. The van der Waals surface area contributed by atoms with Crippen molar-refractivity contribution in [2.24, 2.45) is 0 Å². The first-order valence-electron chi connectivity index (χ1n) is 7.38. The van der Waals surface area contributed by atoms with Crippen LogP contribution in [-0.4, -0.2) is 55.1 Å². The molecular weight excluding hydrogens is 252 g/mol. The Hall–Kier alpha value is -1.46. The van der Waals surface area contributed by atoms with Gasteiger partial charge in [-0.15, -0.1) is 0 Å². The summed E-state index contributed by atoms with van der Waals surface area (Å²) in [5, 5.41) is 6.35. The number of hydrogen-bond donors (Lipinski definition) is 2. The van der Waals surface area contributed by atoms with Gasteiger partial charge in [0.25, 0.3) is 0 Å². The lowest BCUT2D eigenvalue weighted by atomic mass is 10.0. The van der Waals surface area contributed by atoms with Crippen LogP contribution in [-0.2, 0) is 4.79 Å². The number of carbonyl (C=O) groups excluding carboxylic acids is 1. The first kappa shape index (κ1) is 14.9. The van der Waals surface area contributed by atoms with Crippen LogP contribution in [0.4, 0.5) is 0 Å². The van der Waals surface area contributed by atoms with E-state index in [2.05, 4.69) is 20.5 Å². The van der Waals surface area contributed by atoms with E-state index in [1.54, 1.807) is 12.4 Å². The number of nitrogens with one attached hydrogen (secondary N) is 2. The van der Waals surface area contributed by atoms with Gasteiger partial charge in [-0.25, -0.2) is 0 Å². The molecule has 0 radical (unpaired) electrons. The molecule has 0 aliphatic carbocycles. The molecule has 5 heteroatoms. The molecule has 20 heavy (non-hydrogen) atoms. The summed E-state index contributed by atoms with van der Waals surface area (Å²) in [7, 11) is 0. The Labute approximate surface area is 120 Å². The van der Waals surface area contributed by atoms with Gasteiger partial charge < -0.3 is 15.5 Å². The van der Waals surface area contributed by atoms with Crippen LogP contribution < -0.4 is 10.6 Å². The van der Waals surface area contributed by atoms with Crippen LogP contribution >= 0.6 is 0 Å². The molecule has 1 aliphatic heterocycles. The van der Waals surface area contributed by atoms with Crippen molar-refractivity contribution in [3.63, 3.8) is 0 Å². The minimum Gasteiger partial charge on any atom is -0.356 e. The normalized spacial score (nSPS) is 17.6. The highest BCUT2D eigenvalue weighted by molar-refractivity contribution is 5.83. The van der Waals surface area contributed by atoms with Crippen molar-refractivity contribution in [3.05, 3.63) is 30.1 Å². The number of amides is 1. The number of aromatic nitrogens is 1. The summed E-state index contributed by atoms with van der Waals surface area (Å²) in [5.41, 5.74) is 0.965. The molecule has 0 spiro atoms. The fourth-order valence-electron chi connectivity index (χ4n) is 2.39. The van der Waals surface area contributed by atoms with E-state index in [0.29, 0.717) is 0 Å². The maximum atomic E-state index is 12.0. The Morgan fingerprint density at radius 2 is 2.30 bits per heavy atom. The second kappa shape index (κ2) is 7.97. The molecule has 1 saturated heterocycles. The number of piperazine rings is 1. The molecule has 1 aliphatic rings. The van der Waals surface area contributed by atoms with Gasteiger partial charge in [0, 0.05) is 45.1 Å². The highest BCUT2D eigenvalue weighted by Crippen LogP contribution is 2.12. The molecule has 1 atom stereocenters. The largest absolute Gasteiger partial charge is 0.356 e. The van der Waals surface area contributed by atoms with E-state index < -0.39 is 0 Å². The van der Waals surface area contributed by atoms with Gasteiger partial charge in [-0.1, -0.05) is 6.07 Å². The summed E-state index contributed by atoms with van der Waals surface area (Å²) in [6, 6.07) is 3.81. The van der Waals surface area contributed by atoms with E-state index in [9.17, 15) is 4.79 Å². The van der Waals surface area contributed by atoms with Gasteiger partial charge in [0.15, 0.2) is 0 Å². The van der Waals surface area contributed by atoms with Crippen LogP contribution in [0, 0.1) is 0 Å². The topological polar surface area (TPSA) is 57.3 Å².